The Kier molecular flexibility index (Phi) is 8.93. The van der Waals surface area contributed by atoms with Gasteiger partial charge in [-0.05, 0) is 19.4 Å². The van der Waals surface area contributed by atoms with Gasteiger partial charge in [-0.25, -0.2) is 0 Å². The van der Waals surface area contributed by atoms with Crippen LogP contribution in [0.5, 0.6) is 0 Å². The summed E-state index contributed by atoms with van der Waals surface area (Å²) in [5.74, 6) is -0.646. The first-order valence-electron chi connectivity index (χ1n) is 5.76. The monoisotopic (exact) mass is 214 g/mol. The molecule has 0 saturated carbocycles. The highest BCUT2D eigenvalue weighted by Crippen LogP contribution is 2.08. The van der Waals surface area contributed by atoms with Gasteiger partial charge in [-0.1, -0.05) is 39.0 Å². The summed E-state index contributed by atoms with van der Waals surface area (Å²) in [6.45, 7) is 3.80. The van der Waals surface area contributed by atoms with Crippen LogP contribution in [0.4, 0.5) is 0 Å². The Balaban J connectivity index is 3.32. The van der Waals surface area contributed by atoms with Gasteiger partial charge in [0.05, 0.1) is 0 Å². The predicted molar refractivity (Wildman–Crippen MR) is 60.5 cm³/mol. The molecule has 15 heavy (non-hydrogen) atoms. The largest absolute Gasteiger partial charge is 0.481 e. The van der Waals surface area contributed by atoms with Crippen molar-refractivity contribution in [2.75, 3.05) is 0 Å². The van der Waals surface area contributed by atoms with E-state index in [1.165, 1.54) is 31.8 Å². The second kappa shape index (κ2) is 9.56. The molecule has 0 aromatic heterocycles. The van der Waals surface area contributed by atoms with E-state index in [0.717, 1.165) is 12.8 Å². The summed E-state index contributed by atoms with van der Waals surface area (Å²) >= 11 is 0. The van der Waals surface area contributed by atoms with Gasteiger partial charge in [0.2, 0.25) is 0 Å². The number of esters is 1. The van der Waals surface area contributed by atoms with Gasteiger partial charge in [-0.15, -0.1) is 0 Å². The van der Waals surface area contributed by atoms with Crippen LogP contribution in [0.25, 0.3) is 0 Å². The van der Waals surface area contributed by atoms with E-state index in [9.17, 15) is 4.79 Å². The second-order valence-corrected chi connectivity index (χ2v) is 3.62. The number of carbonyl (C=O) groups excluding carboxylic acids is 1. The number of aliphatic hydroxyl groups is 1. The van der Waals surface area contributed by atoms with Crippen LogP contribution in [0, 0.1) is 0 Å². The summed E-state index contributed by atoms with van der Waals surface area (Å²) in [4.78, 5) is 11.1. The topological polar surface area (TPSA) is 46.5 Å². The van der Waals surface area contributed by atoms with Gasteiger partial charge in [0.15, 0.2) is 0 Å². The Hall–Kier alpha value is -0.990. The third kappa shape index (κ3) is 9.32. The van der Waals surface area contributed by atoms with Gasteiger partial charge in [-0.3, -0.25) is 4.79 Å². The fourth-order valence-electron chi connectivity index (χ4n) is 1.28. The van der Waals surface area contributed by atoms with Crippen molar-refractivity contribution < 1.29 is 14.6 Å². The summed E-state index contributed by atoms with van der Waals surface area (Å²) in [5, 5.41) is 8.92. The Labute approximate surface area is 92.1 Å². The maximum Gasteiger partial charge on any atom is 0.313 e. The summed E-state index contributed by atoms with van der Waals surface area (Å²) in [5.41, 5.74) is 0. The third-order valence-corrected chi connectivity index (χ3v) is 2.20. The van der Waals surface area contributed by atoms with E-state index in [1.807, 2.05) is 0 Å². The molecule has 0 aliphatic carbocycles. The zero-order valence-electron chi connectivity index (χ0n) is 9.79. The number of carbonyl (C=O) groups is 1. The molecule has 88 valence electrons. The fourth-order valence-corrected chi connectivity index (χ4v) is 1.28. The Morgan fingerprint density at radius 3 is 2.40 bits per heavy atom. The van der Waals surface area contributed by atoms with Crippen molar-refractivity contribution >= 4 is 5.97 Å². The standard InChI is InChI=1S/C12H22O3/c1-3-5-6-7-8-9-10-12(14)15-11(13)4-2/h4,13H,3,5-10H2,1-2H3/b11-4+. The van der Waals surface area contributed by atoms with E-state index in [4.69, 9.17) is 5.11 Å². The molecule has 0 atom stereocenters. The van der Waals surface area contributed by atoms with Crippen molar-refractivity contribution in [2.45, 2.75) is 58.8 Å². The molecule has 0 spiro atoms. The number of unbranched alkanes of at least 4 members (excludes halogenated alkanes) is 5. The number of aliphatic hydroxyl groups excluding tert-OH is 1. The van der Waals surface area contributed by atoms with Crippen LogP contribution in [0.15, 0.2) is 12.0 Å². The Bertz CT molecular complexity index is 197. The molecule has 3 heteroatoms. The summed E-state index contributed by atoms with van der Waals surface area (Å²) in [6, 6.07) is 0. The molecule has 0 radical (unpaired) electrons. The highest BCUT2D eigenvalue weighted by molar-refractivity contribution is 5.70. The number of hydrogen-bond donors (Lipinski definition) is 1. The molecule has 0 saturated heterocycles. The van der Waals surface area contributed by atoms with Crippen LogP contribution >= 0.6 is 0 Å². The smallest absolute Gasteiger partial charge is 0.313 e. The first-order chi connectivity index (χ1) is 7.20. The third-order valence-electron chi connectivity index (χ3n) is 2.20. The van der Waals surface area contributed by atoms with Gasteiger partial charge < -0.3 is 9.84 Å². The van der Waals surface area contributed by atoms with Gasteiger partial charge in [0.1, 0.15) is 0 Å². The van der Waals surface area contributed by atoms with Gasteiger partial charge in [-0.2, -0.15) is 0 Å². The predicted octanol–water partition coefficient (Wildman–Crippen LogP) is 3.70. The zero-order valence-corrected chi connectivity index (χ0v) is 9.79. The van der Waals surface area contributed by atoms with Crippen LogP contribution < -0.4 is 0 Å². The minimum absolute atomic E-state index is 0.300. The van der Waals surface area contributed by atoms with E-state index in [0.29, 0.717) is 6.42 Å². The van der Waals surface area contributed by atoms with Crippen molar-refractivity contribution in [3.05, 3.63) is 12.0 Å². The zero-order chi connectivity index (χ0) is 11.5. The van der Waals surface area contributed by atoms with Crippen molar-refractivity contribution in [1.29, 1.82) is 0 Å². The molecular formula is C12H22O3. The van der Waals surface area contributed by atoms with Gasteiger partial charge >= 0.3 is 5.97 Å². The minimum atomic E-state index is -0.346. The van der Waals surface area contributed by atoms with E-state index in [2.05, 4.69) is 11.7 Å². The molecule has 0 aromatic rings. The first-order valence-corrected chi connectivity index (χ1v) is 5.76. The molecule has 0 amide bonds. The number of rotatable bonds is 8. The van der Waals surface area contributed by atoms with Crippen molar-refractivity contribution in [3.8, 4) is 0 Å². The Morgan fingerprint density at radius 1 is 1.20 bits per heavy atom. The lowest BCUT2D eigenvalue weighted by Crippen LogP contribution is -2.03. The maximum absolute atomic E-state index is 11.1. The molecule has 0 fully saturated rings. The molecular weight excluding hydrogens is 192 g/mol. The Morgan fingerprint density at radius 2 is 1.80 bits per heavy atom. The molecule has 3 nitrogen and oxygen atoms in total. The maximum atomic E-state index is 11.1. The highest BCUT2D eigenvalue weighted by Gasteiger charge is 2.04. The molecule has 0 bridgehead atoms. The molecule has 0 rings (SSSR count). The average molecular weight is 214 g/mol. The molecule has 0 aliphatic heterocycles. The van der Waals surface area contributed by atoms with Crippen LogP contribution in [0.3, 0.4) is 0 Å². The lowest BCUT2D eigenvalue weighted by Gasteiger charge is -2.02. The van der Waals surface area contributed by atoms with Crippen LogP contribution in [0.2, 0.25) is 0 Å². The minimum Gasteiger partial charge on any atom is -0.481 e. The lowest BCUT2D eigenvalue weighted by atomic mass is 10.1. The lowest BCUT2D eigenvalue weighted by molar-refractivity contribution is -0.143. The quantitative estimate of drug-likeness (QED) is 0.380. The van der Waals surface area contributed by atoms with Crippen molar-refractivity contribution in [3.63, 3.8) is 0 Å². The summed E-state index contributed by atoms with van der Waals surface area (Å²) in [7, 11) is 0. The fraction of sp³-hybridized carbons (Fsp3) is 0.750. The second-order valence-electron chi connectivity index (χ2n) is 3.62. The van der Waals surface area contributed by atoms with E-state index in [1.54, 1.807) is 6.92 Å². The first kappa shape index (κ1) is 14.0. The van der Waals surface area contributed by atoms with Gasteiger partial charge in [0, 0.05) is 6.42 Å². The van der Waals surface area contributed by atoms with Crippen LogP contribution in [0.1, 0.15) is 58.8 Å². The SMILES string of the molecule is C/C=C(\O)OC(=O)CCCCCCCC. The van der Waals surface area contributed by atoms with E-state index in [-0.39, 0.29) is 11.9 Å². The van der Waals surface area contributed by atoms with Crippen LogP contribution in [-0.4, -0.2) is 11.1 Å². The molecule has 0 aliphatic rings. The van der Waals surface area contributed by atoms with Crippen molar-refractivity contribution in [1.82, 2.24) is 0 Å². The average Bonchev–Trinajstić information content (AvgIpc) is 2.23. The molecule has 0 heterocycles. The summed E-state index contributed by atoms with van der Waals surface area (Å²) in [6.07, 6.45) is 8.58. The van der Waals surface area contributed by atoms with E-state index < -0.39 is 0 Å². The molecule has 0 unspecified atom stereocenters. The number of hydrogen-bond acceptors (Lipinski definition) is 3. The van der Waals surface area contributed by atoms with E-state index >= 15 is 0 Å². The van der Waals surface area contributed by atoms with Crippen LogP contribution in [-0.2, 0) is 9.53 Å². The number of ether oxygens (including phenoxy) is 1. The van der Waals surface area contributed by atoms with Gasteiger partial charge in [0.25, 0.3) is 5.95 Å². The summed E-state index contributed by atoms with van der Waals surface area (Å²) < 4.78 is 4.60. The molecule has 1 N–H and O–H groups in total. The highest BCUT2D eigenvalue weighted by atomic mass is 16.6. The number of allylic oxidation sites excluding steroid dienone is 1. The molecule has 0 aromatic carbocycles. The normalized spacial score (nSPS) is 11.5. The van der Waals surface area contributed by atoms with Crippen molar-refractivity contribution in [2.24, 2.45) is 0 Å².